The molecule has 0 bridgehead atoms. The Hall–Kier alpha value is -13.1. The predicted molar refractivity (Wildman–Crippen MR) is 463 cm³/mol. The van der Waals surface area contributed by atoms with Gasteiger partial charge < -0.3 is 46.5 Å². The van der Waals surface area contributed by atoms with Crippen LogP contribution in [0.1, 0.15) is 175 Å². The summed E-state index contributed by atoms with van der Waals surface area (Å²) >= 11 is 0. The van der Waals surface area contributed by atoms with Gasteiger partial charge >= 0.3 is 0 Å². The van der Waals surface area contributed by atoms with Crippen molar-refractivity contribution in [3.63, 3.8) is 0 Å². The number of imidazole rings is 5. The Bertz CT molecular complexity index is 9320. The summed E-state index contributed by atoms with van der Waals surface area (Å²) in [6.45, 7) is -22.1. The first kappa shape index (κ1) is 32.8. The first-order chi connectivity index (χ1) is 82.0. The van der Waals surface area contributed by atoms with E-state index in [0.717, 1.165) is 47.0 Å². The number of nitrogens with zero attached hydrogens (tertiary/aromatic N) is 15. The van der Waals surface area contributed by atoms with E-state index in [2.05, 4.69) is 24.9 Å². The lowest BCUT2D eigenvalue weighted by molar-refractivity contribution is -0.128. The Kier molecular flexibility index (Phi) is 10.3. The van der Waals surface area contributed by atoms with Crippen molar-refractivity contribution in [1.29, 1.82) is 0 Å². The summed E-state index contributed by atoms with van der Waals surface area (Å²) in [4.78, 5) is 86.8. The van der Waals surface area contributed by atoms with Gasteiger partial charge in [-0.1, -0.05) is 179 Å². The topological polar surface area (TPSA) is 188 Å². The van der Waals surface area contributed by atoms with E-state index in [1.165, 1.54) is 34.6 Å². The van der Waals surface area contributed by atoms with Gasteiger partial charge in [0.25, 0.3) is 0 Å². The molecule has 0 aliphatic carbocycles. The molecule has 5 unspecified atom stereocenters. The molecular formula is C95H105N15O5. The minimum absolute atomic E-state index is 0.00908. The van der Waals surface area contributed by atoms with Gasteiger partial charge in [0.05, 0.1) is 131 Å². The maximum atomic E-state index is 13.1. The number of likely N-dealkylation sites (N-methyl/N-ethyl adjacent to an activating group) is 5. The normalized spacial score (nSPS) is 21.7. The highest BCUT2D eigenvalue weighted by atomic mass is 16.2. The van der Waals surface area contributed by atoms with E-state index in [-0.39, 0.29) is 125 Å². The van der Waals surface area contributed by atoms with Crippen molar-refractivity contribution < 1.29 is 114 Å². The third-order valence-corrected chi connectivity index (χ3v) is 15.4. The van der Waals surface area contributed by atoms with Crippen LogP contribution in [0.2, 0.25) is 0 Å². The number of fused-ring (bicyclic) bond motifs is 5. The standard InChI is InChI=1S/5C19H21N3O/c5*1-13-5-8-15(9-6-13)19-16(11-18(23)21(3)4)22-12-14(2)7-10-17(22)20-19/h5*5-10,12H,11H2,1-4H3/i1D3,2D3,3D3,5D,6D,7D,8D,9D,10D,11D,12D;2D3,3D3,5D,6D,7D,8D,9D,10D,11D,12D;1D3,3D3,5D,6D,7D,8D,9D,10D,11D,12D;3D3,5D,6D,7D,8D,9D,10D,11D,12D;3D3,4D3,7D,10D,11D,12D. The van der Waals surface area contributed by atoms with E-state index >= 15 is 0 Å². The molecule has 0 fully saturated rings. The molecule has 0 saturated carbocycles. The second kappa shape index (κ2) is 36.2. The fraction of sp³-hybridized carbons (Fsp3) is 0.263. The molecule has 115 heavy (non-hydrogen) atoms. The third kappa shape index (κ3) is 20.0. The van der Waals surface area contributed by atoms with Gasteiger partial charge in [-0.2, -0.15) is 0 Å². The molecule has 10 heterocycles. The number of amides is 5. The fourth-order valence-electron chi connectivity index (χ4n) is 9.91. The van der Waals surface area contributed by atoms with Crippen LogP contribution in [0, 0.1) is 68.9 Å². The Morgan fingerprint density at radius 3 is 0.722 bits per heavy atom. The van der Waals surface area contributed by atoms with Gasteiger partial charge in [-0.25, -0.2) is 24.9 Å². The first-order valence-corrected chi connectivity index (χ1v) is 33.1. The summed E-state index contributed by atoms with van der Waals surface area (Å²) in [5, 5.41) is 0. The Labute approximate surface area is 767 Å². The molecule has 0 aliphatic rings. The van der Waals surface area contributed by atoms with Gasteiger partial charge in [0, 0.05) is 177 Å². The number of hydrogen-bond acceptors (Lipinski definition) is 10. The number of aryl methyl sites for hydroxylation is 1. The van der Waals surface area contributed by atoms with Gasteiger partial charge in [-0.3, -0.25) is 24.0 Å². The summed E-state index contributed by atoms with van der Waals surface area (Å²) in [6, 6.07) is -10.4. The number of carbonyl (C=O) groups is 5. The van der Waals surface area contributed by atoms with Gasteiger partial charge in [0.15, 0.2) is 0 Å². The lowest BCUT2D eigenvalue weighted by atomic mass is 10.1. The van der Waals surface area contributed by atoms with Crippen LogP contribution in [-0.2, 0) is 56.0 Å². The number of benzene rings is 5. The minimum Gasteiger partial charge on any atom is -0.348 e. The van der Waals surface area contributed by atoms with Gasteiger partial charge in [-0.15, -0.1) is 0 Å². The number of rotatable bonds is 15. The predicted octanol–water partition coefficient (Wildman–Crippen LogP) is 16.2. The molecule has 15 aromatic rings. The molecule has 0 saturated heterocycles. The molecule has 5 aromatic carbocycles. The van der Waals surface area contributed by atoms with Crippen LogP contribution in [0.25, 0.3) is 84.5 Å². The second-order valence-corrected chi connectivity index (χ2v) is 24.3. The van der Waals surface area contributed by atoms with Crippen molar-refractivity contribution in [2.24, 2.45) is 0 Å². The number of hydrogen-bond donors (Lipinski definition) is 0. The zero-order chi connectivity index (χ0) is 139. The molecule has 0 N–H and O–H groups in total. The van der Waals surface area contributed by atoms with Crippen LogP contribution < -0.4 is 0 Å². The SMILES string of the molecule is [2H]c1c(C)c([2H])n2c(C([2H])C(=O)N(C([2H])([2H])[2H])C([2H])([2H])[2H])c(-c3ccc(C)cc3)nc2c1[2H].[2H]c1c([2H])c(-c2nc3c([2H])c([2H])c(C([2H])([2H])[2H])c([2H])n3c2C([2H])C(=O)N(C)C([2H])([2H])[2H])c([2H])c([2H])c1C.[2H]c1c([2H])c(-c2nc3c([2H])c([2H])c(C)c([2H])n3c2C([2H])C(=O)N(C)C([2H])([2H])[2H])c([2H])c([2H])c1C.[2H]c1c([2H])c(C([2H])([2H])[2H])c([2H])c([2H])c1-c1nc2c([2H])c([2H])c(C([2H])([2H])[2H])c([2H])n2c1C([2H])C(=O)N(C)C([2H])([2H])[2H].[2H]c1c([2H])c(C([2H])([2H])[2H])c([2H])c([2H])c1-c1nc2c([2H])c([2H])c(C)c([2H])n2c1C([2H])C(=O)N(C)C([2H])([2H])[2H]. The van der Waals surface area contributed by atoms with Crippen molar-refractivity contribution in [3.05, 3.63) is 296 Å². The maximum Gasteiger partial charge on any atom is 0.228 e. The van der Waals surface area contributed by atoms with Crippen molar-refractivity contribution in [2.75, 3.05) is 70.0 Å². The average molecular weight is 1600 g/mol. The second-order valence-electron chi connectivity index (χ2n) is 24.3. The molecule has 5 amide bonds. The third-order valence-electron chi connectivity index (χ3n) is 15.4. The summed E-state index contributed by atoms with van der Waals surface area (Å²) < 4.78 is 531. The van der Waals surface area contributed by atoms with Crippen LogP contribution in [0.3, 0.4) is 0 Å². The van der Waals surface area contributed by atoms with Gasteiger partial charge in [-0.05, 0) is 127 Å². The summed E-state index contributed by atoms with van der Waals surface area (Å²) in [6.07, 6.45) is -13.8. The van der Waals surface area contributed by atoms with E-state index in [0.29, 0.717) is 24.2 Å². The van der Waals surface area contributed by atoms with Crippen LogP contribution in [-0.4, -0.2) is 171 Å². The molecule has 20 nitrogen and oxygen atoms in total. The van der Waals surface area contributed by atoms with Crippen LogP contribution in [0.15, 0.2) is 212 Å². The Balaban J connectivity index is 0.000000210. The number of carbonyl (C=O) groups excluding carboxylic acids is 5. The molecule has 0 radical (unpaired) electrons. The van der Waals surface area contributed by atoms with Crippen molar-refractivity contribution >= 4 is 57.8 Å². The molecule has 20 heteroatoms. The lowest BCUT2D eigenvalue weighted by Gasteiger charge is -2.11. The molecular weight excluding hydrogens is 1430 g/mol. The quantitative estimate of drug-likeness (QED) is 0.0955. The molecule has 10 aromatic heterocycles. The fourth-order valence-corrected chi connectivity index (χ4v) is 9.91. The van der Waals surface area contributed by atoms with Gasteiger partial charge in [0.1, 0.15) is 28.2 Å². The van der Waals surface area contributed by atoms with E-state index in [4.69, 9.17) is 90.5 Å². The van der Waals surface area contributed by atoms with Crippen LogP contribution >= 0.6 is 0 Å². The lowest BCUT2D eigenvalue weighted by Crippen LogP contribution is -2.24. The van der Waals surface area contributed by atoms with E-state index in [1.807, 2.05) is 6.92 Å². The van der Waals surface area contributed by atoms with Crippen molar-refractivity contribution in [1.82, 2.24) is 71.4 Å². The summed E-state index contributed by atoms with van der Waals surface area (Å²) in [5.41, 5.74) is -11.2. The molecule has 0 aliphatic heterocycles. The molecule has 15 rings (SSSR count). The van der Waals surface area contributed by atoms with E-state index in [1.54, 1.807) is 24.3 Å². The van der Waals surface area contributed by atoms with E-state index < -0.39 is 366 Å². The highest BCUT2D eigenvalue weighted by Gasteiger charge is 2.24. The minimum atomic E-state index is -3.35. The van der Waals surface area contributed by atoms with Crippen molar-refractivity contribution in [3.8, 4) is 56.3 Å². The number of pyridine rings is 5. The zero-order valence-electron chi connectivity index (χ0n) is 128. The number of aromatic nitrogens is 10. The van der Waals surface area contributed by atoms with E-state index in [9.17, 15) is 24.0 Å². The highest BCUT2D eigenvalue weighted by Crippen LogP contribution is 2.32. The summed E-state index contributed by atoms with van der Waals surface area (Å²) in [5.74, 6) is -6.75. The Morgan fingerprint density at radius 2 is 0.478 bits per heavy atom. The molecule has 0 spiro atoms. The smallest absolute Gasteiger partial charge is 0.228 e. The first-order valence-electron chi connectivity index (χ1n) is 66.5. The molecule has 5 atom stereocenters. The largest absolute Gasteiger partial charge is 0.348 e. The van der Waals surface area contributed by atoms with Crippen molar-refractivity contribution in [2.45, 2.75) is 101 Å². The zero-order valence-corrected chi connectivity index (χ0v) is 61.9. The van der Waals surface area contributed by atoms with Gasteiger partial charge in [0.2, 0.25) is 29.5 Å². The molecule has 590 valence electrons. The van der Waals surface area contributed by atoms with Crippen LogP contribution in [0.5, 0.6) is 0 Å². The highest BCUT2D eigenvalue weighted by molar-refractivity contribution is 5.85. The van der Waals surface area contributed by atoms with Crippen LogP contribution in [0.4, 0.5) is 0 Å². The Morgan fingerprint density at radius 1 is 0.270 bits per heavy atom. The maximum absolute atomic E-state index is 13.1. The monoisotopic (exact) mass is 1600 g/mol. The summed E-state index contributed by atoms with van der Waals surface area (Å²) in [7, 11) is 3.64. The average Bonchev–Trinajstić information content (AvgIpc) is 1.57.